The molecular formula is C11H12O5. The summed E-state index contributed by atoms with van der Waals surface area (Å²) in [6, 6.07) is 1.63. The maximum atomic E-state index is 11.5. The molecule has 1 aliphatic rings. The molecule has 2 rings (SSSR count). The second-order valence-electron chi connectivity index (χ2n) is 3.28. The first-order chi connectivity index (χ1) is 7.69. The molecule has 0 N–H and O–H groups in total. The second kappa shape index (κ2) is 3.92. The average molecular weight is 224 g/mol. The molecule has 0 saturated carbocycles. The molecular weight excluding hydrogens is 212 g/mol. The summed E-state index contributed by atoms with van der Waals surface area (Å²) < 4.78 is 20.8. The number of hydrogen-bond acceptors (Lipinski definition) is 5. The lowest BCUT2D eigenvalue weighted by Crippen LogP contribution is -2.02. The topological polar surface area (TPSA) is 54.0 Å². The van der Waals surface area contributed by atoms with Crippen LogP contribution in [0.4, 0.5) is 0 Å². The predicted molar refractivity (Wildman–Crippen MR) is 55.7 cm³/mol. The molecule has 0 bridgehead atoms. The van der Waals surface area contributed by atoms with Gasteiger partial charge < -0.3 is 18.9 Å². The zero-order valence-corrected chi connectivity index (χ0v) is 9.33. The molecule has 0 aromatic heterocycles. The van der Waals surface area contributed by atoms with Crippen molar-refractivity contribution in [1.29, 1.82) is 0 Å². The van der Waals surface area contributed by atoms with E-state index < -0.39 is 0 Å². The van der Waals surface area contributed by atoms with Gasteiger partial charge in [-0.3, -0.25) is 4.79 Å². The van der Waals surface area contributed by atoms with Gasteiger partial charge in [0.25, 0.3) is 0 Å². The summed E-state index contributed by atoms with van der Waals surface area (Å²) >= 11 is 0. The summed E-state index contributed by atoms with van der Waals surface area (Å²) in [6.45, 7) is 1.57. The lowest BCUT2D eigenvalue weighted by molar-refractivity contribution is 0.101. The first kappa shape index (κ1) is 10.6. The number of methoxy groups -OCH3 is 2. The van der Waals surface area contributed by atoms with Crippen molar-refractivity contribution in [1.82, 2.24) is 0 Å². The Labute approximate surface area is 92.9 Å². The molecule has 0 unspecified atom stereocenters. The quantitative estimate of drug-likeness (QED) is 0.730. The molecule has 16 heavy (non-hydrogen) atoms. The smallest absolute Gasteiger partial charge is 0.231 e. The fraction of sp³-hybridized carbons (Fsp3) is 0.364. The Bertz CT molecular complexity index is 438. The van der Waals surface area contributed by atoms with Crippen molar-refractivity contribution in [2.75, 3.05) is 21.0 Å². The highest BCUT2D eigenvalue weighted by Crippen LogP contribution is 2.47. The van der Waals surface area contributed by atoms with Crippen molar-refractivity contribution in [3.8, 4) is 23.0 Å². The highest BCUT2D eigenvalue weighted by molar-refractivity contribution is 6.01. The maximum Gasteiger partial charge on any atom is 0.231 e. The van der Waals surface area contributed by atoms with Crippen molar-refractivity contribution < 1.29 is 23.7 Å². The molecule has 0 radical (unpaired) electrons. The SMILES string of the molecule is COc1cc2c(c(OC)c1C(C)=O)OCO2. The van der Waals surface area contributed by atoms with Gasteiger partial charge in [-0.15, -0.1) is 0 Å². The summed E-state index contributed by atoms with van der Waals surface area (Å²) in [5.74, 6) is 1.62. The molecule has 86 valence electrons. The Morgan fingerprint density at radius 3 is 2.62 bits per heavy atom. The van der Waals surface area contributed by atoms with Crippen molar-refractivity contribution >= 4 is 5.78 Å². The fourth-order valence-corrected chi connectivity index (χ4v) is 1.68. The predicted octanol–water partition coefficient (Wildman–Crippen LogP) is 1.64. The summed E-state index contributed by atoms with van der Waals surface area (Å²) in [4.78, 5) is 11.5. The third-order valence-electron chi connectivity index (χ3n) is 2.36. The Kier molecular flexibility index (Phi) is 2.60. The first-order valence-corrected chi connectivity index (χ1v) is 4.74. The number of carbonyl (C=O) groups excluding carboxylic acids is 1. The minimum atomic E-state index is -0.146. The van der Waals surface area contributed by atoms with Gasteiger partial charge in [-0.2, -0.15) is 0 Å². The number of rotatable bonds is 3. The number of fused-ring (bicyclic) bond motifs is 1. The van der Waals surface area contributed by atoms with Crippen LogP contribution in [0.1, 0.15) is 17.3 Å². The molecule has 5 nitrogen and oxygen atoms in total. The van der Waals surface area contributed by atoms with Gasteiger partial charge in [0.2, 0.25) is 12.5 Å². The van der Waals surface area contributed by atoms with Gasteiger partial charge in [0, 0.05) is 6.07 Å². The van der Waals surface area contributed by atoms with E-state index in [1.165, 1.54) is 21.1 Å². The zero-order valence-electron chi connectivity index (χ0n) is 9.33. The standard InChI is InChI=1S/C11H12O5/c1-6(12)9-7(13-2)4-8-10(11(9)14-3)16-5-15-8/h4H,5H2,1-3H3. The Morgan fingerprint density at radius 1 is 1.31 bits per heavy atom. The van der Waals surface area contributed by atoms with Crippen LogP contribution in [0.3, 0.4) is 0 Å². The highest BCUT2D eigenvalue weighted by Gasteiger charge is 2.27. The van der Waals surface area contributed by atoms with Crippen LogP contribution in [0.2, 0.25) is 0 Å². The van der Waals surface area contributed by atoms with E-state index in [0.717, 1.165) is 0 Å². The third-order valence-corrected chi connectivity index (χ3v) is 2.36. The Balaban J connectivity index is 2.69. The molecule has 0 spiro atoms. The zero-order chi connectivity index (χ0) is 11.7. The largest absolute Gasteiger partial charge is 0.496 e. The van der Waals surface area contributed by atoms with Crippen LogP contribution in [0, 0.1) is 0 Å². The van der Waals surface area contributed by atoms with E-state index in [9.17, 15) is 4.79 Å². The number of ketones is 1. The molecule has 1 aliphatic heterocycles. The lowest BCUT2D eigenvalue weighted by atomic mass is 10.1. The molecule has 0 saturated heterocycles. The Morgan fingerprint density at radius 2 is 2.06 bits per heavy atom. The van der Waals surface area contributed by atoms with Gasteiger partial charge >= 0.3 is 0 Å². The van der Waals surface area contributed by atoms with Gasteiger partial charge in [-0.25, -0.2) is 0 Å². The summed E-state index contributed by atoms with van der Waals surface area (Å²) in [6.07, 6.45) is 0. The van der Waals surface area contributed by atoms with Gasteiger partial charge in [0.1, 0.15) is 11.3 Å². The molecule has 0 amide bonds. The molecule has 0 atom stereocenters. The van der Waals surface area contributed by atoms with Crippen molar-refractivity contribution in [3.63, 3.8) is 0 Å². The number of ether oxygens (including phenoxy) is 4. The number of benzene rings is 1. The van der Waals surface area contributed by atoms with Gasteiger partial charge in [-0.05, 0) is 6.92 Å². The monoisotopic (exact) mass is 224 g/mol. The van der Waals surface area contributed by atoms with Crippen LogP contribution >= 0.6 is 0 Å². The van der Waals surface area contributed by atoms with Crippen LogP contribution in [-0.2, 0) is 0 Å². The number of hydrogen-bond donors (Lipinski definition) is 0. The first-order valence-electron chi connectivity index (χ1n) is 4.74. The van der Waals surface area contributed by atoms with Crippen LogP contribution in [0.25, 0.3) is 0 Å². The molecule has 1 aromatic carbocycles. The van der Waals surface area contributed by atoms with E-state index >= 15 is 0 Å². The van der Waals surface area contributed by atoms with E-state index in [2.05, 4.69) is 0 Å². The van der Waals surface area contributed by atoms with E-state index in [4.69, 9.17) is 18.9 Å². The highest BCUT2D eigenvalue weighted by atomic mass is 16.7. The molecule has 0 aliphatic carbocycles. The molecule has 1 aromatic rings. The van der Waals surface area contributed by atoms with E-state index in [0.29, 0.717) is 28.6 Å². The second-order valence-corrected chi connectivity index (χ2v) is 3.28. The molecule has 0 fully saturated rings. The van der Waals surface area contributed by atoms with Crippen LogP contribution in [-0.4, -0.2) is 26.8 Å². The fourth-order valence-electron chi connectivity index (χ4n) is 1.68. The van der Waals surface area contributed by atoms with Crippen molar-refractivity contribution in [2.24, 2.45) is 0 Å². The van der Waals surface area contributed by atoms with Crippen molar-refractivity contribution in [3.05, 3.63) is 11.6 Å². The molecule has 5 heteroatoms. The number of Topliss-reactive ketones (excluding diaryl/α,β-unsaturated/α-hetero) is 1. The van der Waals surface area contributed by atoms with Crippen molar-refractivity contribution in [2.45, 2.75) is 6.92 Å². The summed E-state index contributed by atoms with van der Waals surface area (Å²) in [7, 11) is 2.96. The lowest BCUT2D eigenvalue weighted by Gasteiger charge is -2.12. The Hall–Kier alpha value is -1.91. The van der Waals surface area contributed by atoms with Gasteiger partial charge in [0.05, 0.1) is 14.2 Å². The van der Waals surface area contributed by atoms with E-state index in [-0.39, 0.29) is 12.6 Å². The van der Waals surface area contributed by atoms with Crippen LogP contribution in [0.5, 0.6) is 23.0 Å². The minimum absolute atomic E-state index is 0.121. The van der Waals surface area contributed by atoms with Crippen LogP contribution < -0.4 is 18.9 Å². The van der Waals surface area contributed by atoms with Gasteiger partial charge in [0.15, 0.2) is 17.3 Å². The average Bonchev–Trinajstić information content (AvgIpc) is 2.73. The normalized spacial score (nSPS) is 12.4. The minimum Gasteiger partial charge on any atom is -0.496 e. The summed E-state index contributed by atoms with van der Waals surface area (Å²) in [5, 5.41) is 0. The summed E-state index contributed by atoms with van der Waals surface area (Å²) in [5.41, 5.74) is 0.370. The van der Waals surface area contributed by atoms with Gasteiger partial charge in [-0.1, -0.05) is 0 Å². The third kappa shape index (κ3) is 1.44. The maximum absolute atomic E-state index is 11.5. The van der Waals surface area contributed by atoms with E-state index in [1.54, 1.807) is 6.07 Å². The molecule has 1 heterocycles. The van der Waals surface area contributed by atoms with E-state index in [1.807, 2.05) is 0 Å². The number of carbonyl (C=O) groups is 1. The van der Waals surface area contributed by atoms with Crippen LogP contribution in [0.15, 0.2) is 6.07 Å².